The smallest absolute Gasteiger partial charge is 0.330 e. The summed E-state index contributed by atoms with van der Waals surface area (Å²) < 4.78 is 36.3. The lowest BCUT2D eigenvalue weighted by atomic mass is 10.2. The molecule has 8 heteroatoms. The Morgan fingerprint density at radius 1 is 1.45 bits per heavy atom. The van der Waals surface area contributed by atoms with E-state index in [4.69, 9.17) is 5.73 Å². The number of carbonyl (C=O) groups is 1. The molecule has 1 heterocycles. The van der Waals surface area contributed by atoms with Gasteiger partial charge in [0.1, 0.15) is 6.54 Å². The zero-order chi connectivity index (χ0) is 15.0. The summed E-state index contributed by atoms with van der Waals surface area (Å²) in [4.78, 5) is 16.9. The molecule has 20 heavy (non-hydrogen) atoms. The van der Waals surface area contributed by atoms with Crippen LogP contribution in [-0.2, 0) is 6.54 Å². The second-order valence-electron chi connectivity index (χ2n) is 4.20. The Labute approximate surface area is 115 Å². The third-order valence-electron chi connectivity index (χ3n) is 2.46. The van der Waals surface area contributed by atoms with Crippen LogP contribution in [0.5, 0.6) is 0 Å². The summed E-state index contributed by atoms with van der Waals surface area (Å²) in [5, 5.41) is 1.85. The summed E-state index contributed by atoms with van der Waals surface area (Å²) in [7, 11) is 0. The fourth-order valence-corrected chi connectivity index (χ4v) is 1.53. The highest BCUT2D eigenvalue weighted by atomic mass is 19.4. The lowest BCUT2D eigenvalue weighted by Gasteiger charge is -2.23. The van der Waals surface area contributed by atoms with E-state index in [1.807, 2.05) is 5.32 Å². The van der Waals surface area contributed by atoms with Gasteiger partial charge in [-0.1, -0.05) is 6.07 Å². The van der Waals surface area contributed by atoms with E-state index in [9.17, 15) is 18.0 Å². The van der Waals surface area contributed by atoms with E-state index in [-0.39, 0.29) is 13.1 Å². The monoisotopic (exact) mass is 290 g/mol. The molecule has 1 aromatic heterocycles. The third kappa shape index (κ3) is 6.37. The van der Waals surface area contributed by atoms with Gasteiger partial charge in [-0.25, -0.2) is 4.79 Å². The van der Waals surface area contributed by atoms with Crippen molar-refractivity contribution in [2.75, 3.05) is 19.6 Å². The maximum atomic E-state index is 12.1. The van der Waals surface area contributed by atoms with Crippen molar-refractivity contribution in [3.8, 4) is 0 Å². The molecule has 5 nitrogen and oxygen atoms in total. The quantitative estimate of drug-likeness (QED) is 0.834. The number of hydrogen-bond donors (Lipinski definition) is 2. The van der Waals surface area contributed by atoms with Crippen molar-refractivity contribution in [2.45, 2.75) is 19.1 Å². The van der Waals surface area contributed by atoms with Gasteiger partial charge >= 0.3 is 12.2 Å². The molecule has 2 amide bonds. The first-order valence-corrected chi connectivity index (χ1v) is 6.11. The average Bonchev–Trinajstić information content (AvgIpc) is 2.41. The molecule has 3 N–H and O–H groups in total. The SMILES string of the molecule is NCCCN(Cc1cccnc1)C(=O)NCC(F)(F)F. The van der Waals surface area contributed by atoms with Gasteiger partial charge in [-0.05, 0) is 24.6 Å². The van der Waals surface area contributed by atoms with Crippen LogP contribution in [0.4, 0.5) is 18.0 Å². The maximum absolute atomic E-state index is 12.1. The Morgan fingerprint density at radius 3 is 2.75 bits per heavy atom. The van der Waals surface area contributed by atoms with Crippen molar-refractivity contribution in [3.05, 3.63) is 30.1 Å². The van der Waals surface area contributed by atoms with Crippen molar-refractivity contribution in [1.82, 2.24) is 15.2 Å². The minimum atomic E-state index is -4.43. The number of aromatic nitrogens is 1. The Balaban J connectivity index is 2.61. The first-order valence-electron chi connectivity index (χ1n) is 6.11. The Bertz CT molecular complexity index is 411. The fraction of sp³-hybridized carbons (Fsp3) is 0.500. The number of nitrogens with two attached hydrogens (primary N) is 1. The van der Waals surface area contributed by atoms with Gasteiger partial charge in [0.25, 0.3) is 0 Å². The molecule has 0 unspecified atom stereocenters. The molecule has 0 radical (unpaired) electrons. The number of amides is 2. The molecular weight excluding hydrogens is 273 g/mol. The van der Waals surface area contributed by atoms with Gasteiger partial charge in [-0.3, -0.25) is 4.98 Å². The maximum Gasteiger partial charge on any atom is 0.405 e. The minimum absolute atomic E-state index is 0.192. The summed E-state index contributed by atoms with van der Waals surface area (Å²) in [6.07, 6.45) is -0.771. The van der Waals surface area contributed by atoms with Gasteiger partial charge in [0, 0.05) is 25.5 Å². The topological polar surface area (TPSA) is 71.2 Å². The summed E-state index contributed by atoms with van der Waals surface area (Å²) in [6, 6.07) is 2.68. The third-order valence-corrected chi connectivity index (χ3v) is 2.46. The van der Waals surface area contributed by atoms with Crippen LogP contribution in [0.3, 0.4) is 0 Å². The van der Waals surface area contributed by atoms with Crippen molar-refractivity contribution < 1.29 is 18.0 Å². The van der Waals surface area contributed by atoms with Crippen molar-refractivity contribution in [2.24, 2.45) is 5.73 Å². The summed E-state index contributed by atoms with van der Waals surface area (Å²) in [5.74, 6) is 0. The number of nitrogens with one attached hydrogen (secondary N) is 1. The van der Waals surface area contributed by atoms with E-state index in [1.165, 1.54) is 4.90 Å². The molecule has 0 aliphatic heterocycles. The Kier molecular flexibility index (Phi) is 6.23. The molecule has 0 fully saturated rings. The van der Waals surface area contributed by atoms with Crippen LogP contribution in [-0.4, -0.2) is 41.7 Å². The fourth-order valence-electron chi connectivity index (χ4n) is 1.53. The molecule has 0 bridgehead atoms. The highest BCUT2D eigenvalue weighted by Gasteiger charge is 2.28. The van der Waals surface area contributed by atoms with E-state index < -0.39 is 18.8 Å². The summed E-state index contributed by atoms with van der Waals surface area (Å²) >= 11 is 0. The summed E-state index contributed by atoms with van der Waals surface area (Å²) in [5.41, 5.74) is 6.11. The Morgan fingerprint density at radius 2 is 2.20 bits per heavy atom. The number of halogens is 3. The molecule has 0 aliphatic rings. The van der Waals surface area contributed by atoms with Gasteiger partial charge in [0.15, 0.2) is 0 Å². The number of nitrogens with zero attached hydrogens (tertiary/aromatic N) is 2. The van der Waals surface area contributed by atoms with Crippen LogP contribution < -0.4 is 11.1 Å². The molecule has 0 aliphatic carbocycles. The predicted molar refractivity (Wildman–Crippen MR) is 67.8 cm³/mol. The molecule has 0 saturated heterocycles. The largest absolute Gasteiger partial charge is 0.405 e. The van der Waals surface area contributed by atoms with Gasteiger partial charge in [-0.2, -0.15) is 13.2 Å². The molecule has 1 rings (SSSR count). The highest BCUT2D eigenvalue weighted by Crippen LogP contribution is 2.12. The van der Waals surface area contributed by atoms with E-state index in [0.717, 1.165) is 5.56 Å². The number of carbonyl (C=O) groups excluding carboxylic acids is 1. The molecule has 0 aromatic carbocycles. The van der Waals surface area contributed by atoms with Crippen LogP contribution in [0.2, 0.25) is 0 Å². The zero-order valence-corrected chi connectivity index (χ0v) is 10.9. The second kappa shape index (κ2) is 7.68. The highest BCUT2D eigenvalue weighted by molar-refractivity contribution is 5.74. The van der Waals surface area contributed by atoms with Crippen molar-refractivity contribution in [1.29, 1.82) is 0 Å². The van der Waals surface area contributed by atoms with Gasteiger partial charge in [0.2, 0.25) is 0 Å². The number of pyridine rings is 1. The second-order valence-corrected chi connectivity index (χ2v) is 4.20. The lowest BCUT2D eigenvalue weighted by molar-refractivity contribution is -0.123. The number of urea groups is 1. The van der Waals surface area contributed by atoms with Crippen LogP contribution >= 0.6 is 0 Å². The van der Waals surface area contributed by atoms with E-state index in [2.05, 4.69) is 4.98 Å². The van der Waals surface area contributed by atoms with E-state index >= 15 is 0 Å². The van der Waals surface area contributed by atoms with Crippen LogP contribution in [0.25, 0.3) is 0 Å². The van der Waals surface area contributed by atoms with Crippen LogP contribution in [0.15, 0.2) is 24.5 Å². The van der Waals surface area contributed by atoms with Crippen LogP contribution in [0.1, 0.15) is 12.0 Å². The number of rotatable bonds is 6. The first kappa shape index (κ1) is 16.2. The molecule has 0 saturated carbocycles. The average molecular weight is 290 g/mol. The van der Waals surface area contributed by atoms with Gasteiger partial charge in [-0.15, -0.1) is 0 Å². The summed E-state index contributed by atoms with van der Waals surface area (Å²) in [6.45, 7) is -0.513. The lowest BCUT2D eigenvalue weighted by Crippen LogP contribution is -2.44. The number of hydrogen-bond acceptors (Lipinski definition) is 3. The molecule has 0 spiro atoms. The normalized spacial score (nSPS) is 11.2. The van der Waals surface area contributed by atoms with Crippen molar-refractivity contribution >= 4 is 6.03 Å². The zero-order valence-electron chi connectivity index (χ0n) is 10.9. The Hall–Kier alpha value is -1.83. The molecule has 0 atom stereocenters. The first-order chi connectivity index (χ1) is 9.42. The van der Waals surface area contributed by atoms with E-state index in [0.29, 0.717) is 13.0 Å². The van der Waals surface area contributed by atoms with Crippen LogP contribution in [0, 0.1) is 0 Å². The van der Waals surface area contributed by atoms with Gasteiger partial charge in [0.05, 0.1) is 0 Å². The molecule has 1 aromatic rings. The molecule has 112 valence electrons. The minimum Gasteiger partial charge on any atom is -0.330 e. The standard InChI is InChI=1S/C12H17F3N4O/c13-12(14,15)9-18-11(20)19(6-2-4-16)8-10-3-1-5-17-7-10/h1,3,5,7H,2,4,6,8-9,16H2,(H,18,20). The predicted octanol–water partition coefficient (Wildman–Crippen LogP) is 1.50. The molecular formula is C12H17F3N4O. The van der Waals surface area contributed by atoms with Gasteiger partial charge < -0.3 is 16.0 Å². The van der Waals surface area contributed by atoms with Crippen molar-refractivity contribution in [3.63, 3.8) is 0 Å². The van der Waals surface area contributed by atoms with E-state index in [1.54, 1.807) is 24.5 Å². The number of alkyl halides is 3.